The Morgan fingerprint density at radius 1 is 0.971 bits per heavy atom. The van der Waals surface area contributed by atoms with Gasteiger partial charge in [0.1, 0.15) is 5.60 Å². The van der Waals surface area contributed by atoms with Crippen molar-refractivity contribution in [2.75, 3.05) is 5.32 Å². The van der Waals surface area contributed by atoms with Crippen molar-refractivity contribution in [2.24, 2.45) is 0 Å². The number of anilines is 1. The molecule has 0 aliphatic rings. The van der Waals surface area contributed by atoms with E-state index in [1.165, 1.54) is 16.8 Å². The van der Waals surface area contributed by atoms with Gasteiger partial charge in [-0.1, -0.05) is 31.2 Å². The lowest BCUT2D eigenvalue weighted by atomic mass is 10.1. The smallest absolute Gasteiger partial charge is 0.412 e. The number of benzene rings is 2. The highest BCUT2D eigenvalue weighted by molar-refractivity contribution is 6.06. The molecule has 0 unspecified atom stereocenters. The molecule has 3 aromatic rings. The molecule has 0 bridgehead atoms. The Balaban J connectivity index is 1.74. The zero-order valence-electron chi connectivity index (χ0n) is 19.5. The molecule has 2 aromatic carbocycles. The largest absolute Gasteiger partial charge is 0.444 e. The maximum absolute atomic E-state index is 12.8. The third kappa shape index (κ3) is 5.97. The summed E-state index contributed by atoms with van der Waals surface area (Å²) in [6.45, 7) is 7.48. The van der Waals surface area contributed by atoms with Crippen LogP contribution < -0.4 is 21.7 Å². The third-order valence-electron chi connectivity index (χ3n) is 4.58. The molecule has 3 rings (SSSR count). The number of nitrogens with zero attached hydrogens (tertiary/aromatic N) is 2. The predicted molar refractivity (Wildman–Crippen MR) is 128 cm³/mol. The summed E-state index contributed by atoms with van der Waals surface area (Å²) in [7, 11) is 0. The van der Waals surface area contributed by atoms with E-state index in [0.29, 0.717) is 29.4 Å². The van der Waals surface area contributed by atoms with Crippen molar-refractivity contribution in [3.8, 4) is 0 Å². The highest BCUT2D eigenvalue weighted by Gasteiger charge is 2.19. The number of nitrogens with one attached hydrogen (secondary N) is 3. The van der Waals surface area contributed by atoms with Gasteiger partial charge in [0.05, 0.1) is 5.39 Å². The lowest BCUT2D eigenvalue weighted by Gasteiger charge is -2.19. The van der Waals surface area contributed by atoms with Crippen LogP contribution in [-0.2, 0) is 11.3 Å². The van der Waals surface area contributed by atoms with Crippen molar-refractivity contribution in [1.82, 2.24) is 20.6 Å². The van der Waals surface area contributed by atoms with Gasteiger partial charge in [0.2, 0.25) is 0 Å². The third-order valence-corrected chi connectivity index (χ3v) is 4.58. The molecule has 0 radical (unpaired) electrons. The van der Waals surface area contributed by atoms with Crippen LogP contribution in [0.25, 0.3) is 10.8 Å². The number of carbonyl (C=O) groups is 3. The Kier molecular flexibility index (Phi) is 7.30. The first-order valence-electron chi connectivity index (χ1n) is 10.8. The van der Waals surface area contributed by atoms with Gasteiger partial charge in [-0.15, -0.1) is 0 Å². The van der Waals surface area contributed by atoms with Crippen molar-refractivity contribution in [3.05, 3.63) is 70.1 Å². The van der Waals surface area contributed by atoms with E-state index in [4.69, 9.17) is 4.74 Å². The molecule has 1 heterocycles. The van der Waals surface area contributed by atoms with Crippen molar-refractivity contribution in [3.63, 3.8) is 0 Å². The van der Waals surface area contributed by atoms with Crippen LogP contribution in [0, 0.1) is 0 Å². The van der Waals surface area contributed by atoms with Crippen molar-refractivity contribution >= 4 is 34.4 Å². The van der Waals surface area contributed by atoms with Crippen LogP contribution in [0.4, 0.5) is 10.5 Å². The predicted octanol–water partition coefficient (Wildman–Crippen LogP) is 3.23. The van der Waals surface area contributed by atoms with Gasteiger partial charge in [0.15, 0.2) is 5.69 Å². The standard InChI is InChI=1S/C24H27N5O5/c1-5-13-29-22(32)18-12-7-6-11-17(18)19(28-29)21(31)27-26-20(30)15-9-8-10-16(14-15)25-23(33)34-24(2,3)4/h6-12,14H,5,13H2,1-4H3,(H,25,33)(H,26,30)(H,27,31). The minimum absolute atomic E-state index is 0.0179. The van der Waals surface area contributed by atoms with Crippen molar-refractivity contribution in [1.29, 1.82) is 0 Å². The maximum atomic E-state index is 12.8. The molecule has 0 aliphatic carbocycles. The second-order valence-electron chi connectivity index (χ2n) is 8.54. The van der Waals surface area contributed by atoms with E-state index in [1.807, 2.05) is 6.92 Å². The van der Waals surface area contributed by atoms with Crippen LogP contribution in [0.3, 0.4) is 0 Å². The zero-order valence-corrected chi connectivity index (χ0v) is 19.5. The summed E-state index contributed by atoms with van der Waals surface area (Å²) in [4.78, 5) is 50.0. The van der Waals surface area contributed by atoms with Gasteiger partial charge in [-0.05, 0) is 51.5 Å². The van der Waals surface area contributed by atoms with E-state index in [2.05, 4.69) is 21.3 Å². The maximum Gasteiger partial charge on any atom is 0.412 e. The number of aryl methyl sites for hydroxylation is 1. The number of amides is 3. The fraction of sp³-hybridized carbons (Fsp3) is 0.292. The first kappa shape index (κ1) is 24.4. The van der Waals surface area contributed by atoms with Crippen molar-refractivity contribution < 1.29 is 19.1 Å². The first-order chi connectivity index (χ1) is 16.1. The molecule has 0 saturated heterocycles. The summed E-state index contributed by atoms with van der Waals surface area (Å²) in [5.74, 6) is -1.27. The molecule has 1 aromatic heterocycles. The highest BCUT2D eigenvalue weighted by atomic mass is 16.6. The van der Waals surface area contributed by atoms with E-state index in [9.17, 15) is 19.2 Å². The SMILES string of the molecule is CCCn1nc(C(=O)NNC(=O)c2cccc(NC(=O)OC(C)(C)C)c2)c2ccccc2c1=O. The molecule has 0 atom stereocenters. The number of hydrazine groups is 1. The van der Waals surface area contributed by atoms with Crippen LogP contribution in [-0.4, -0.2) is 33.3 Å². The fourth-order valence-corrected chi connectivity index (χ4v) is 3.17. The quantitative estimate of drug-likeness (QED) is 0.496. The molecule has 0 aliphatic heterocycles. The summed E-state index contributed by atoms with van der Waals surface area (Å²) < 4.78 is 6.44. The molecule has 10 nitrogen and oxygen atoms in total. The second-order valence-corrected chi connectivity index (χ2v) is 8.54. The topological polar surface area (TPSA) is 131 Å². The number of ether oxygens (including phenoxy) is 1. The summed E-state index contributed by atoms with van der Waals surface area (Å²) in [5, 5.41) is 7.50. The van der Waals surface area contributed by atoms with Gasteiger partial charge >= 0.3 is 6.09 Å². The molecule has 3 amide bonds. The first-order valence-corrected chi connectivity index (χ1v) is 10.8. The minimum atomic E-state index is -0.669. The van der Waals surface area contributed by atoms with E-state index in [0.717, 1.165) is 0 Å². The average Bonchev–Trinajstić information content (AvgIpc) is 2.78. The minimum Gasteiger partial charge on any atom is -0.444 e. The van der Waals surface area contributed by atoms with E-state index in [-0.39, 0.29) is 16.8 Å². The van der Waals surface area contributed by atoms with E-state index < -0.39 is 23.5 Å². The summed E-state index contributed by atoms with van der Waals surface area (Å²) in [6.07, 6.45) is 0.00926. The number of aromatic nitrogens is 2. The van der Waals surface area contributed by atoms with Crippen LogP contribution in [0.15, 0.2) is 53.3 Å². The summed E-state index contributed by atoms with van der Waals surface area (Å²) >= 11 is 0. The van der Waals surface area contributed by atoms with E-state index >= 15 is 0 Å². The Morgan fingerprint density at radius 2 is 1.65 bits per heavy atom. The van der Waals surface area contributed by atoms with Crippen LogP contribution in [0.1, 0.15) is 55.0 Å². The number of fused-ring (bicyclic) bond motifs is 1. The Morgan fingerprint density at radius 3 is 2.32 bits per heavy atom. The molecular weight excluding hydrogens is 438 g/mol. The molecule has 10 heteroatoms. The molecular formula is C24H27N5O5. The number of carbonyl (C=O) groups excluding carboxylic acids is 3. The summed E-state index contributed by atoms with van der Waals surface area (Å²) in [6, 6.07) is 12.8. The normalized spacial score (nSPS) is 11.1. The molecule has 34 heavy (non-hydrogen) atoms. The Hall–Kier alpha value is -4.21. The molecule has 0 fully saturated rings. The second kappa shape index (κ2) is 10.2. The van der Waals surface area contributed by atoms with Crippen molar-refractivity contribution in [2.45, 2.75) is 46.3 Å². The van der Waals surface area contributed by atoms with Gasteiger partial charge in [0.25, 0.3) is 17.4 Å². The Bertz CT molecular complexity index is 1290. The van der Waals surface area contributed by atoms with Gasteiger partial charge in [-0.3, -0.25) is 30.6 Å². The van der Waals surface area contributed by atoms with E-state index in [1.54, 1.807) is 57.2 Å². The highest BCUT2D eigenvalue weighted by Crippen LogP contribution is 2.15. The van der Waals surface area contributed by atoms with Crippen LogP contribution in [0.2, 0.25) is 0 Å². The molecule has 0 spiro atoms. The average molecular weight is 466 g/mol. The Labute approximate surface area is 196 Å². The lowest BCUT2D eigenvalue weighted by molar-refractivity contribution is 0.0635. The summed E-state index contributed by atoms with van der Waals surface area (Å²) in [5.41, 5.74) is 4.30. The van der Waals surface area contributed by atoms with Crippen LogP contribution >= 0.6 is 0 Å². The molecule has 3 N–H and O–H groups in total. The fourth-order valence-electron chi connectivity index (χ4n) is 3.17. The number of rotatable bonds is 5. The monoisotopic (exact) mass is 465 g/mol. The number of hydrogen-bond donors (Lipinski definition) is 3. The van der Waals surface area contributed by atoms with Crippen LogP contribution in [0.5, 0.6) is 0 Å². The van der Waals surface area contributed by atoms with Gasteiger partial charge in [-0.2, -0.15) is 5.10 Å². The van der Waals surface area contributed by atoms with Gasteiger partial charge < -0.3 is 4.74 Å². The zero-order chi connectivity index (χ0) is 24.9. The number of hydrogen-bond acceptors (Lipinski definition) is 6. The van der Waals surface area contributed by atoms with Gasteiger partial charge in [0, 0.05) is 23.2 Å². The van der Waals surface area contributed by atoms with Gasteiger partial charge in [-0.25, -0.2) is 9.48 Å². The molecule has 178 valence electrons. The lowest BCUT2D eigenvalue weighted by Crippen LogP contribution is -2.42. The molecule has 0 saturated carbocycles.